The third kappa shape index (κ3) is 3.09. The van der Waals surface area contributed by atoms with Crippen molar-refractivity contribution in [2.45, 2.75) is 12.8 Å². The molecule has 0 unspecified atom stereocenters. The minimum Gasteiger partial charge on any atom is -0.0882 e. The van der Waals surface area contributed by atoms with Gasteiger partial charge in [-0.2, -0.15) is 0 Å². The molecule has 0 aliphatic heterocycles. The van der Waals surface area contributed by atoms with Gasteiger partial charge in [0.1, 0.15) is 0 Å². The predicted molar refractivity (Wildman–Crippen MR) is 70.3 cm³/mol. The molecule has 0 aromatic heterocycles. The first-order chi connectivity index (χ1) is 7.97. The van der Waals surface area contributed by atoms with E-state index in [9.17, 15) is 0 Å². The van der Waals surface area contributed by atoms with E-state index in [-0.39, 0.29) is 0 Å². The summed E-state index contributed by atoms with van der Waals surface area (Å²) in [6.07, 6.45) is 7.00. The number of hydrogen-bond donors (Lipinski definition) is 0. The van der Waals surface area contributed by atoms with Crippen molar-refractivity contribution in [1.29, 1.82) is 0 Å². The highest BCUT2D eigenvalue weighted by molar-refractivity contribution is 5.62. The average molecular weight is 208 g/mol. The lowest BCUT2D eigenvalue weighted by atomic mass is 10.1. The zero-order valence-corrected chi connectivity index (χ0v) is 9.34. The summed E-state index contributed by atoms with van der Waals surface area (Å²) in [5.41, 5.74) is 2.55. The molecule has 0 N–H and O–H groups in total. The number of allylic oxidation sites excluding steroid dienone is 2. The molecule has 0 saturated carbocycles. The first kappa shape index (κ1) is 10.7. The highest BCUT2D eigenvalue weighted by atomic mass is 14.0. The fourth-order valence-electron chi connectivity index (χ4n) is 1.43. The SMILES string of the molecule is C1=CCC1.c1ccc(-c2ccccc2)cc1. The first-order valence-electron chi connectivity index (χ1n) is 5.72. The van der Waals surface area contributed by atoms with Crippen LogP contribution in [-0.2, 0) is 0 Å². The molecular formula is C16H16. The van der Waals surface area contributed by atoms with Crippen molar-refractivity contribution >= 4 is 0 Å². The quantitative estimate of drug-likeness (QED) is 0.596. The molecule has 0 heterocycles. The average Bonchev–Trinajstić information content (AvgIpc) is 2.29. The van der Waals surface area contributed by atoms with E-state index in [4.69, 9.17) is 0 Å². The molecule has 0 atom stereocenters. The van der Waals surface area contributed by atoms with E-state index in [2.05, 4.69) is 60.7 Å². The van der Waals surface area contributed by atoms with Crippen LogP contribution in [0, 0.1) is 0 Å². The molecule has 0 heteroatoms. The van der Waals surface area contributed by atoms with Gasteiger partial charge in [0.05, 0.1) is 0 Å². The zero-order valence-electron chi connectivity index (χ0n) is 9.34. The third-order valence-corrected chi connectivity index (χ3v) is 2.55. The number of hydrogen-bond acceptors (Lipinski definition) is 0. The third-order valence-electron chi connectivity index (χ3n) is 2.55. The van der Waals surface area contributed by atoms with E-state index >= 15 is 0 Å². The van der Waals surface area contributed by atoms with Crippen molar-refractivity contribution < 1.29 is 0 Å². The minimum absolute atomic E-state index is 1.28. The van der Waals surface area contributed by atoms with Gasteiger partial charge in [0, 0.05) is 0 Å². The van der Waals surface area contributed by atoms with E-state index in [0.29, 0.717) is 0 Å². The van der Waals surface area contributed by atoms with Crippen LogP contribution in [0.25, 0.3) is 11.1 Å². The van der Waals surface area contributed by atoms with E-state index in [1.807, 2.05) is 12.1 Å². The van der Waals surface area contributed by atoms with E-state index in [1.165, 1.54) is 24.0 Å². The summed E-state index contributed by atoms with van der Waals surface area (Å²) in [4.78, 5) is 0. The summed E-state index contributed by atoms with van der Waals surface area (Å²) in [5.74, 6) is 0. The number of rotatable bonds is 1. The second-order valence-electron chi connectivity index (χ2n) is 3.78. The van der Waals surface area contributed by atoms with Gasteiger partial charge in [-0.1, -0.05) is 72.8 Å². The van der Waals surface area contributed by atoms with E-state index in [0.717, 1.165) is 0 Å². The molecule has 3 rings (SSSR count). The molecule has 0 bridgehead atoms. The summed E-state index contributed by atoms with van der Waals surface area (Å²) in [7, 11) is 0. The van der Waals surface area contributed by atoms with Gasteiger partial charge < -0.3 is 0 Å². The van der Waals surface area contributed by atoms with Gasteiger partial charge in [0.25, 0.3) is 0 Å². The lowest BCUT2D eigenvalue weighted by molar-refractivity contribution is 0.962. The van der Waals surface area contributed by atoms with Gasteiger partial charge in [-0.15, -0.1) is 0 Å². The Morgan fingerprint density at radius 3 is 1.06 bits per heavy atom. The largest absolute Gasteiger partial charge is 0.0882 e. The monoisotopic (exact) mass is 208 g/mol. The van der Waals surface area contributed by atoms with Gasteiger partial charge >= 0.3 is 0 Å². The van der Waals surface area contributed by atoms with E-state index in [1.54, 1.807) is 0 Å². The van der Waals surface area contributed by atoms with Crippen LogP contribution in [0.4, 0.5) is 0 Å². The van der Waals surface area contributed by atoms with Gasteiger partial charge in [-0.3, -0.25) is 0 Å². The van der Waals surface area contributed by atoms with Gasteiger partial charge in [-0.25, -0.2) is 0 Å². The molecule has 2 aromatic rings. The molecule has 0 spiro atoms. The maximum atomic E-state index is 2.18. The van der Waals surface area contributed by atoms with Crippen LogP contribution in [0.5, 0.6) is 0 Å². The summed E-state index contributed by atoms with van der Waals surface area (Å²) in [6, 6.07) is 20.8. The van der Waals surface area contributed by atoms with Crippen molar-refractivity contribution in [2.24, 2.45) is 0 Å². The van der Waals surface area contributed by atoms with Crippen molar-refractivity contribution in [3.05, 3.63) is 72.8 Å². The standard InChI is InChI=1S/C12H10.C4H6/c1-3-7-11(8-4-1)12-9-5-2-6-10-12;1-2-4-3-1/h1-10H;1-2H,3-4H2. The second kappa shape index (κ2) is 5.92. The molecule has 16 heavy (non-hydrogen) atoms. The minimum atomic E-state index is 1.28. The summed E-state index contributed by atoms with van der Waals surface area (Å²) in [6.45, 7) is 0. The smallest absolute Gasteiger partial charge is 0.0184 e. The second-order valence-corrected chi connectivity index (χ2v) is 3.78. The molecular weight excluding hydrogens is 192 g/mol. The molecule has 0 nitrogen and oxygen atoms in total. The molecule has 0 fully saturated rings. The lowest BCUT2D eigenvalue weighted by Gasteiger charge is -1.98. The lowest BCUT2D eigenvalue weighted by Crippen LogP contribution is -1.73. The van der Waals surface area contributed by atoms with Crippen LogP contribution in [0.2, 0.25) is 0 Å². The summed E-state index contributed by atoms with van der Waals surface area (Å²) >= 11 is 0. The fourth-order valence-corrected chi connectivity index (χ4v) is 1.43. The topological polar surface area (TPSA) is 0 Å². The van der Waals surface area contributed by atoms with Crippen molar-refractivity contribution in [1.82, 2.24) is 0 Å². The molecule has 1 aliphatic rings. The van der Waals surface area contributed by atoms with Crippen LogP contribution in [0.1, 0.15) is 12.8 Å². The Kier molecular flexibility index (Phi) is 3.95. The first-order valence-corrected chi connectivity index (χ1v) is 5.72. The van der Waals surface area contributed by atoms with Crippen LogP contribution in [-0.4, -0.2) is 0 Å². The van der Waals surface area contributed by atoms with E-state index < -0.39 is 0 Å². The predicted octanol–water partition coefficient (Wildman–Crippen LogP) is 4.69. The Morgan fingerprint density at radius 2 is 0.812 bits per heavy atom. The maximum absolute atomic E-state index is 2.18. The van der Waals surface area contributed by atoms with Crippen LogP contribution < -0.4 is 0 Å². The Morgan fingerprint density at radius 1 is 0.500 bits per heavy atom. The van der Waals surface area contributed by atoms with Crippen LogP contribution in [0.3, 0.4) is 0 Å². The van der Waals surface area contributed by atoms with Gasteiger partial charge in [-0.05, 0) is 24.0 Å². The molecule has 0 saturated heterocycles. The zero-order chi connectivity index (χ0) is 11.1. The van der Waals surface area contributed by atoms with Crippen molar-refractivity contribution in [3.8, 4) is 11.1 Å². The molecule has 0 radical (unpaired) electrons. The highest BCUT2D eigenvalue weighted by Gasteiger charge is 1.91. The Hall–Kier alpha value is -1.82. The van der Waals surface area contributed by atoms with Crippen molar-refractivity contribution in [3.63, 3.8) is 0 Å². The molecule has 80 valence electrons. The van der Waals surface area contributed by atoms with Gasteiger partial charge in [0.2, 0.25) is 0 Å². The van der Waals surface area contributed by atoms with Crippen LogP contribution in [0.15, 0.2) is 72.8 Å². The normalized spacial score (nSPS) is 12.2. The maximum Gasteiger partial charge on any atom is -0.0184 e. The molecule has 1 aliphatic carbocycles. The summed E-state index contributed by atoms with van der Waals surface area (Å²) in [5, 5.41) is 0. The number of benzene rings is 2. The van der Waals surface area contributed by atoms with Crippen LogP contribution >= 0.6 is 0 Å². The van der Waals surface area contributed by atoms with Crippen molar-refractivity contribution in [2.75, 3.05) is 0 Å². The Balaban J connectivity index is 0.000000203. The molecule has 0 amide bonds. The fraction of sp³-hybridized carbons (Fsp3) is 0.125. The van der Waals surface area contributed by atoms with Gasteiger partial charge in [0.15, 0.2) is 0 Å². The summed E-state index contributed by atoms with van der Waals surface area (Å²) < 4.78 is 0. The Bertz CT molecular complexity index is 383. The highest BCUT2D eigenvalue weighted by Crippen LogP contribution is 2.17. The Labute approximate surface area is 97.3 Å². The molecule has 2 aromatic carbocycles.